The number of sulfone groups is 1. The van der Waals surface area contributed by atoms with E-state index >= 15 is 0 Å². The van der Waals surface area contributed by atoms with Crippen LogP contribution in [0.5, 0.6) is 0 Å². The Kier molecular flexibility index (Phi) is 6.51. The highest BCUT2D eigenvalue weighted by Gasteiger charge is 2.34. The van der Waals surface area contributed by atoms with Crippen molar-refractivity contribution in [3.63, 3.8) is 0 Å². The highest BCUT2D eigenvalue weighted by molar-refractivity contribution is 7.99. The largest absolute Gasteiger partial charge is 0.383 e. The predicted octanol–water partition coefficient (Wildman–Crippen LogP) is 1.23. The Bertz CT molecular complexity index is 870. The molecule has 1 aliphatic heterocycles. The van der Waals surface area contributed by atoms with Crippen LogP contribution in [0.25, 0.3) is 11.4 Å². The molecule has 1 aromatic carbocycles. The molecule has 0 radical (unpaired) electrons. The van der Waals surface area contributed by atoms with E-state index in [1.165, 1.54) is 11.8 Å². The van der Waals surface area contributed by atoms with Gasteiger partial charge in [-0.05, 0) is 6.42 Å². The molecule has 0 spiro atoms. The molecule has 1 fully saturated rings. The fraction of sp³-hybridized carbons (Fsp3) is 0.471. The van der Waals surface area contributed by atoms with E-state index in [2.05, 4.69) is 15.2 Å². The van der Waals surface area contributed by atoms with Crippen molar-refractivity contribution in [2.24, 2.45) is 0 Å². The maximum Gasteiger partial charge on any atom is 0.233 e. The van der Waals surface area contributed by atoms with Crippen molar-refractivity contribution in [2.45, 2.75) is 17.6 Å². The SMILES string of the molecule is COCCN(C(=O)CSc1n[nH]c(-c2ccccc2)n1)[C@@H]1CCS(=O)(=O)C1. The zero-order valence-corrected chi connectivity index (χ0v) is 16.6. The van der Waals surface area contributed by atoms with Crippen molar-refractivity contribution in [3.05, 3.63) is 30.3 Å². The molecule has 10 heteroatoms. The molecule has 2 heterocycles. The second kappa shape index (κ2) is 8.85. The number of carbonyl (C=O) groups is 1. The summed E-state index contributed by atoms with van der Waals surface area (Å²) in [5, 5.41) is 7.49. The molecule has 27 heavy (non-hydrogen) atoms. The highest BCUT2D eigenvalue weighted by Crippen LogP contribution is 2.22. The monoisotopic (exact) mass is 410 g/mol. The number of benzene rings is 1. The minimum atomic E-state index is -3.06. The van der Waals surface area contributed by atoms with Crippen LogP contribution >= 0.6 is 11.8 Å². The Hall–Kier alpha value is -1.91. The molecule has 0 bridgehead atoms. The van der Waals surface area contributed by atoms with Crippen LogP contribution in [-0.4, -0.2) is 78.0 Å². The van der Waals surface area contributed by atoms with Crippen LogP contribution in [0.2, 0.25) is 0 Å². The number of rotatable bonds is 8. The Balaban J connectivity index is 1.61. The van der Waals surface area contributed by atoms with Gasteiger partial charge in [-0.2, -0.15) is 0 Å². The Morgan fingerprint density at radius 1 is 1.37 bits per heavy atom. The van der Waals surface area contributed by atoms with Gasteiger partial charge in [0.15, 0.2) is 15.7 Å². The first kappa shape index (κ1) is 19.8. The van der Waals surface area contributed by atoms with Crippen molar-refractivity contribution in [2.75, 3.05) is 37.5 Å². The molecular weight excluding hydrogens is 388 g/mol. The first-order valence-electron chi connectivity index (χ1n) is 8.58. The zero-order chi connectivity index (χ0) is 19.3. The predicted molar refractivity (Wildman–Crippen MR) is 103 cm³/mol. The van der Waals surface area contributed by atoms with E-state index in [-0.39, 0.29) is 29.2 Å². The Morgan fingerprint density at radius 3 is 2.81 bits per heavy atom. The third kappa shape index (κ3) is 5.30. The smallest absolute Gasteiger partial charge is 0.233 e. The fourth-order valence-corrected chi connectivity index (χ4v) is 5.38. The normalized spacial score (nSPS) is 18.5. The van der Waals surface area contributed by atoms with E-state index in [4.69, 9.17) is 4.74 Å². The summed E-state index contributed by atoms with van der Waals surface area (Å²) in [5.41, 5.74) is 0.918. The van der Waals surface area contributed by atoms with Crippen LogP contribution in [0, 0.1) is 0 Å². The quantitative estimate of drug-likeness (QED) is 0.653. The minimum absolute atomic E-state index is 0.0198. The van der Waals surface area contributed by atoms with Crippen molar-refractivity contribution in [1.29, 1.82) is 0 Å². The van der Waals surface area contributed by atoms with Gasteiger partial charge < -0.3 is 9.64 Å². The second-order valence-electron chi connectivity index (χ2n) is 6.26. The molecule has 3 rings (SSSR count). The lowest BCUT2D eigenvalue weighted by Crippen LogP contribution is -2.44. The van der Waals surface area contributed by atoms with Gasteiger partial charge in [-0.25, -0.2) is 13.4 Å². The number of nitrogens with zero attached hydrogens (tertiary/aromatic N) is 3. The van der Waals surface area contributed by atoms with Gasteiger partial charge in [0.1, 0.15) is 0 Å². The molecule has 0 aliphatic carbocycles. The molecule has 1 saturated heterocycles. The summed E-state index contributed by atoms with van der Waals surface area (Å²) in [5.74, 6) is 0.801. The molecule has 0 unspecified atom stereocenters. The maximum atomic E-state index is 12.7. The van der Waals surface area contributed by atoms with Crippen molar-refractivity contribution in [3.8, 4) is 11.4 Å². The van der Waals surface area contributed by atoms with Crippen LogP contribution in [0.4, 0.5) is 0 Å². The van der Waals surface area contributed by atoms with Gasteiger partial charge in [0, 0.05) is 25.3 Å². The standard InChI is InChI=1S/C17H22N4O4S2/c1-25-9-8-21(14-7-10-27(23,24)12-14)15(22)11-26-17-18-16(19-20-17)13-5-3-2-4-6-13/h2-6,14H,7-12H2,1H3,(H,18,19,20)/t14-/m1/s1. The summed E-state index contributed by atoms with van der Waals surface area (Å²) in [6.07, 6.45) is 0.473. The number of nitrogens with one attached hydrogen (secondary N) is 1. The van der Waals surface area contributed by atoms with Crippen LogP contribution in [0.3, 0.4) is 0 Å². The van der Waals surface area contributed by atoms with E-state index in [1.54, 1.807) is 12.0 Å². The number of ether oxygens (including phenoxy) is 1. The third-order valence-corrected chi connectivity index (χ3v) is 6.93. The topological polar surface area (TPSA) is 105 Å². The number of thioether (sulfide) groups is 1. The molecule has 1 atom stereocenters. The third-order valence-electron chi connectivity index (χ3n) is 4.34. The Labute approximate surface area is 162 Å². The van der Waals surface area contributed by atoms with Crippen LogP contribution in [0.15, 0.2) is 35.5 Å². The van der Waals surface area contributed by atoms with Crippen LogP contribution in [-0.2, 0) is 19.4 Å². The average molecular weight is 411 g/mol. The number of H-pyrrole nitrogens is 1. The average Bonchev–Trinajstić information content (AvgIpc) is 3.27. The molecular formula is C17H22N4O4S2. The molecule has 1 N–H and O–H groups in total. The second-order valence-corrected chi connectivity index (χ2v) is 9.43. The Morgan fingerprint density at radius 2 is 2.15 bits per heavy atom. The molecule has 1 amide bonds. The number of aromatic amines is 1. The van der Waals surface area contributed by atoms with Crippen molar-refractivity contribution in [1.82, 2.24) is 20.1 Å². The number of hydrogen-bond acceptors (Lipinski definition) is 7. The van der Waals surface area contributed by atoms with Gasteiger partial charge >= 0.3 is 0 Å². The number of amides is 1. The molecule has 8 nitrogen and oxygen atoms in total. The maximum absolute atomic E-state index is 12.7. The summed E-state index contributed by atoms with van der Waals surface area (Å²) >= 11 is 1.23. The summed E-state index contributed by atoms with van der Waals surface area (Å²) in [7, 11) is -1.51. The summed E-state index contributed by atoms with van der Waals surface area (Å²) < 4.78 is 28.6. The molecule has 2 aromatic rings. The van der Waals surface area contributed by atoms with Gasteiger partial charge in [-0.15, -0.1) is 5.10 Å². The van der Waals surface area contributed by atoms with E-state index in [9.17, 15) is 13.2 Å². The lowest BCUT2D eigenvalue weighted by molar-refractivity contribution is -0.130. The number of aromatic nitrogens is 3. The van der Waals surface area contributed by atoms with Crippen molar-refractivity contribution >= 4 is 27.5 Å². The fourth-order valence-electron chi connectivity index (χ4n) is 2.97. The molecule has 0 saturated carbocycles. The van der Waals surface area contributed by atoms with Crippen LogP contribution in [0.1, 0.15) is 6.42 Å². The number of carbonyl (C=O) groups excluding carboxylic acids is 1. The highest BCUT2D eigenvalue weighted by atomic mass is 32.2. The van der Waals surface area contributed by atoms with E-state index < -0.39 is 9.84 Å². The summed E-state index contributed by atoms with van der Waals surface area (Å²) in [6.45, 7) is 0.741. The van der Waals surface area contributed by atoms with Gasteiger partial charge in [-0.3, -0.25) is 9.89 Å². The zero-order valence-electron chi connectivity index (χ0n) is 15.0. The number of methoxy groups -OCH3 is 1. The summed E-state index contributed by atoms with van der Waals surface area (Å²) in [6, 6.07) is 9.31. The van der Waals surface area contributed by atoms with E-state index in [0.717, 1.165) is 5.56 Å². The van der Waals surface area contributed by atoms with E-state index in [0.29, 0.717) is 30.6 Å². The minimum Gasteiger partial charge on any atom is -0.383 e. The summed E-state index contributed by atoms with van der Waals surface area (Å²) in [4.78, 5) is 18.7. The molecule has 1 aromatic heterocycles. The van der Waals surface area contributed by atoms with Crippen molar-refractivity contribution < 1.29 is 17.9 Å². The first-order chi connectivity index (χ1) is 13.0. The van der Waals surface area contributed by atoms with Crippen LogP contribution < -0.4 is 0 Å². The first-order valence-corrected chi connectivity index (χ1v) is 11.4. The molecule has 1 aliphatic rings. The van der Waals surface area contributed by atoms with Gasteiger partial charge in [-0.1, -0.05) is 42.1 Å². The van der Waals surface area contributed by atoms with Gasteiger partial charge in [0.05, 0.1) is 23.9 Å². The lowest BCUT2D eigenvalue weighted by Gasteiger charge is -2.27. The number of hydrogen-bond donors (Lipinski definition) is 1. The van der Waals surface area contributed by atoms with Gasteiger partial charge in [0.2, 0.25) is 11.1 Å². The lowest BCUT2D eigenvalue weighted by atomic mass is 10.2. The van der Waals surface area contributed by atoms with Gasteiger partial charge in [0.25, 0.3) is 0 Å². The van der Waals surface area contributed by atoms with E-state index in [1.807, 2.05) is 30.3 Å². The molecule has 146 valence electrons.